The van der Waals surface area contributed by atoms with Crippen molar-refractivity contribution in [3.63, 3.8) is 0 Å². The van der Waals surface area contributed by atoms with Crippen molar-refractivity contribution in [2.75, 3.05) is 39.3 Å². The van der Waals surface area contributed by atoms with Crippen LogP contribution in [0.5, 0.6) is 0 Å². The lowest BCUT2D eigenvalue weighted by atomic mass is 10.0. The van der Waals surface area contributed by atoms with Gasteiger partial charge in [0.25, 0.3) is 0 Å². The molecule has 3 N–H and O–H groups in total. The molecule has 2 aliphatic rings. The van der Waals surface area contributed by atoms with Crippen molar-refractivity contribution in [1.29, 1.82) is 0 Å². The number of rotatable bonds is 9. The number of piperazine rings is 1. The van der Waals surface area contributed by atoms with Crippen LogP contribution in [-0.2, 0) is 4.79 Å². The fourth-order valence-corrected chi connectivity index (χ4v) is 4.14. The molecule has 0 aromatic carbocycles. The Morgan fingerprint density at radius 3 is 2.41 bits per heavy atom. The molecular weight excluding hydrogens is 338 g/mol. The summed E-state index contributed by atoms with van der Waals surface area (Å²) in [6, 6.07) is 0.373. The largest absolute Gasteiger partial charge is 0.370 e. The van der Waals surface area contributed by atoms with E-state index in [1.165, 1.54) is 25.7 Å². The predicted octanol–water partition coefficient (Wildman–Crippen LogP) is 2.44. The maximum atomic E-state index is 12.5. The van der Waals surface area contributed by atoms with Gasteiger partial charge in [-0.1, -0.05) is 39.5 Å². The number of hydrogen-bond acceptors (Lipinski definition) is 3. The van der Waals surface area contributed by atoms with Crippen molar-refractivity contribution < 1.29 is 4.79 Å². The van der Waals surface area contributed by atoms with Crippen LogP contribution in [0.1, 0.15) is 65.7 Å². The number of nitrogens with one attached hydrogen (secondary N) is 1. The Balaban J connectivity index is 1.58. The van der Waals surface area contributed by atoms with Crippen molar-refractivity contribution in [3.8, 4) is 0 Å². The van der Waals surface area contributed by atoms with Crippen molar-refractivity contribution in [2.24, 2.45) is 22.6 Å². The van der Waals surface area contributed by atoms with Crippen LogP contribution in [-0.4, -0.2) is 67.0 Å². The highest BCUT2D eigenvalue weighted by Crippen LogP contribution is 2.26. The second kappa shape index (κ2) is 11.5. The zero-order valence-electron chi connectivity index (χ0n) is 17.8. The molecule has 2 fully saturated rings. The molecule has 1 heterocycles. The standard InChI is InChI=1S/C21H41N5O/c1-17(2)7-6-8-18(3)24-21(22)23-11-12-25-13-15-26(16-14-25)20(27)19-9-4-5-10-19/h17-19H,4-16H2,1-3H3,(H3,22,23,24). The minimum Gasteiger partial charge on any atom is -0.370 e. The number of hydrogen-bond donors (Lipinski definition) is 2. The first-order chi connectivity index (χ1) is 13.0. The summed E-state index contributed by atoms with van der Waals surface area (Å²) < 4.78 is 0. The van der Waals surface area contributed by atoms with E-state index < -0.39 is 0 Å². The predicted molar refractivity (Wildman–Crippen MR) is 113 cm³/mol. The summed E-state index contributed by atoms with van der Waals surface area (Å²) in [7, 11) is 0. The van der Waals surface area contributed by atoms with Crippen molar-refractivity contribution in [1.82, 2.24) is 15.1 Å². The molecule has 6 nitrogen and oxygen atoms in total. The Hall–Kier alpha value is -1.30. The molecule has 2 rings (SSSR count). The minimum absolute atomic E-state index is 0.301. The zero-order valence-corrected chi connectivity index (χ0v) is 17.8. The van der Waals surface area contributed by atoms with E-state index in [4.69, 9.17) is 5.73 Å². The van der Waals surface area contributed by atoms with Gasteiger partial charge in [0, 0.05) is 44.7 Å². The van der Waals surface area contributed by atoms with Gasteiger partial charge in [0.1, 0.15) is 0 Å². The van der Waals surface area contributed by atoms with Gasteiger partial charge in [0.2, 0.25) is 5.91 Å². The molecule has 0 spiro atoms. The van der Waals surface area contributed by atoms with Crippen LogP contribution in [0.15, 0.2) is 4.99 Å². The summed E-state index contributed by atoms with van der Waals surface area (Å²) in [4.78, 5) is 21.4. The highest BCUT2D eigenvalue weighted by molar-refractivity contribution is 5.79. The maximum absolute atomic E-state index is 12.5. The third kappa shape index (κ3) is 8.08. The Labute approximate surface area is 165 Å². The lowest BCUT2D eigenvalue weighted by molar-refractivity contribution is -0.137. The minimum atomic E-state index is 0.301. The number of aliphatic imine (C=N–C) groups is 1. The molecule has 1 aliphatic heterocycles. The lowest BCUT2D eigenvalue weighted by Crippen LogP contribution is -2.50. The number of carbonyl (C=O) groups excluding carboxylic acids is 1. The molecule has 1 saturated carbocycles. The van der Waals surface area contributed by atoms with Crippen molar-refractivity contribution in [3.05, 3.63) is 0 Å². The third-order valence-electron chi connectivity index (χ3n) is 5.90. The second-order valence-electron chi connectivity index (χ2n) is 8.79. The molecule has 1 amide bonds. The number of carbonyl (C=O) groups is 1. The Morgan fingerprint density at radius 1 is 1.11 bits per heavy atom. The number of amides is 1. The van der Waals surface area contributed by atoms with E-state index >= 15 is 0 Å². The van der Waals surface area contributed by atoms with Gasteiger partial charge in [-0.3, -0.25) is 14.7 Å². The molecule has 0 bridgehead atoms. The van der Waals surface area contributed by atoms with Gasteiger partial charge in [-0.05, 0) is 32.1 Å². The molecule has 0 aromatic rings. The van der Waals surface area contributed by atoms with E-state index in [2.05, 4.69) is 40.9 Å². The Bertz CT molecular complexity index is 465. The van der Waals surface area contributed by atoms with E-state index in [-0.39, 0.29) is 0 Å². The highest BCUT2D eigenvalue weighted by atomic mass is 16.2. The van der Waals surface area contributed by atoms with Crippen LogP contribution >= 0.6 is 0 Å². The summed E-state index contributed by atoms with van der Waals surface area (Å²) in [6.45, 7) is 11.9. The number of guanidine groups is 1. The number of nitrogens with zero attached hydrogens (tertiary/aromatic N) is 3. The van der Waals surface area contributed by atoms with Crippen molar-refractivity contribution >= 4 is 11.9 Å². The summed E-state index contributed by atoms with van der Waals surface area (Å²) in [5.74, 6) is 2.01. The Kier molecular flexibility index (Phi) is 9.39. The molecule has 0 radical (unpaired) electrons. The molecule has 1 aliphatic carbocycles. The zero-order chi connectivity index (χ0) is 19.6. The normalized spacial score (nSPS) is 21.0. The van der Waals surface area contributed by atoms with E-state index in [9.17, 15) is 4.79 Å². The summed E-state index contributed by atoms with van der Waals surface area (Å²) in [5.41, 5.74) is 6.02. The fourth-order valence-electron chi connectivity index (χ4n) is 4.14. The van der Waals surface area contributed by atoms with Gasteiger partial charge in [0.05, 0.1) is 6.54 Å². The van der Waals surface area contributed by atoms with Gasteiger partial charge in [-0.25, -0.2) is 0 Å². The van der Waals surface area contributed by atoms with Gasteiger partial charge < -0.3 is 16.0 Å². The molecule has 1 atom stereocenters. The van der Waals surface area contributed by atoms with Crippen LogP contribution in [0, 0.1) is 11.8 Å². The van der Waals surface area contributed by atoms with E-state index in [1.807, 2.05) is 0 Å². The first-order valence-electron chi connectivity index (χ1n) is 11.0. The first-order valence-corrected chi connectivity index (χ1v) is 11.0. The van der Waals surface area contributed by atoms with Crippen LogP contribution in [0.2, 0.25) is 0 Å². The maximum Gasteiger partial charge on any atom is 0.225 e. The number of nitrogens with two attached hydrogens (primary N) is 1. The van der Waals surface area contributed by atoms with Crippen LogP contribution in [0.4, 0.5) is 0 Å². The lowest BCUT2D eigenvalue weighted by Gasteiger charge is -2.35. The van der Waals surface area contributed by atoms with Crippen molar-refractivity contribution in [2.45, 2.75) is 71.8 Å². The van der Waals surface area contributed by atoms with Crippen LogP contribution < -0.4 is 11.1 Å². The van der Waals surface area contributed by atoms with E-state index in [0.29, 0.717) is 30.4 Å². The summed E-state index contributed by atoms with van der Waals surface area (Å²) in [5, 5.41) is 3.30. The second-order valence-corrected chi connectivity index (χ2v) is 8.79. The van der Waals surface area contributed by atoms with Gasteiger partial charge in [0.15, 0.2) is 5.96 Å². The van der Waals surface area contributed by atoms with Gasteiger partial charge in [-0.15, -0.1) is 0 Å². The smallest absolute Gasteiger partial charge is 0.225 e. The van der Waals surface area contributed by atoms with E-state index in [0.717, 1.165) is 57.9 Å². The molecule has 0 aromatic heterocycles. The Morgan fingerprint density at radius 2 is 1.78 bits per heavy atom. The average Bonchev–Trinajstić information content (AvgIpc) is 3.16. The molecule has 1 unspecified atom stereocenters. The molecular formula is C21H41N5O. The van der Waals surface area contributed by atoms with Gasteiger partial charge in [-0.2, -0.15) is 0 Å². The monoisotopic (exact) mass is 379 g/mol. The SMILES string of the molecule is CC(C)CCCC(C)NC(N)=NCCN1CCN(C(=O)C2CCCC2)CC1. The highest BCUT2D eigenvalue weighted by Gasteiger charge is 2.29. The third-order valence-corrected chi connectivity index (χ3v) is 5.90. The molecule has 1 saturated heterocycles. The average molecular weight is 380 g/mol. The topological polar surface area (TPSA) is 74.0 Å². The van der Waals surface area contributed by atoms with Crippen LogP contribution in [0.25, 0.3) is 0 Å². The molecule has 156 valence electrons. The summed E-state index contributed by atoms with van der Waals surface area (Å²) in [6.07, 6.45) is 8.25. The van der Waals surface area contributed by atoms with E-state index in [1.54, 1.807) is 0 Å². The first kappa shape index (κ1) is 22.0. The quantitative estimate of drug-likeness (QED) is 0.477. The summed E-state index contributed by atoms with van der Waals surface area (Å²) >= 11 is 0. The molecule has 6 heteroatoms. The van der Waals surface area contributed by atoms with Crippen LogP contribution in [0.3, 0.4) is 0 Å². The molecule has 27 heavy (non-hydrogen) atoms. The fraction of sp³-hybridized carbons (Fsp3) is 0.905. The van der Waals surface area contributed by atoms with Gasteiger partial charge >= 0.3 is 0 Å².